The van der Waals surface area contributed by atoms with E-state index in [1.807, 2.05) is 0 Å². The van der Waals surface area contributed by atoms with Gasteiger partial charge in [0, 0.05) is 22.9 Å². The van der Waals surface area contributed by atoms with Crippen LogP contribution in [0.25, 0.3) is 0 Å². The monoisotopic (exact) mass is 343 g/mol. The number of pyridine rings is 2. The lowest BCUT2D eigenvalue weighted by Crippen LogP contribution is -2.22. The molecule has 2 aromatic heterocycles. The molecule has 6 nitrogen and oxygen atoms in total. The van der Waals surface area contributed by atoms with E-state index in [1.165, 1.54) is 23.0 Å². The second kappa shape index (κ2) is 5.50. The maximum absolute atomic E-state index is 11.9. The van der Waals surface area contributed by atoms with Crippen LogP contribution in [-0.4, -0.2) is 14.5 Å². The molecule has 0 spiro atoms. The minimum atomic E-state index is -0.705. The predicted molar refractivity (Wildman–Crippen MR) is 73.4 cm³/mol. The number of nitrogens with zero attached hydrogens (tertiary/aromatic N) is 3. The third-order valence-electron chi connectivity index (χ3n) is 2.37. The van der Waals surface area contributed by atoms with E-state index in [-0.39, 0.29) is 6.54 Å². The summed E-state index contributed by atoms with van der Waals surface area (Å²) in [5.74, 6) is 0. The van der Waals surface area contributed by atoms with Crippen molar-refractivity contribution in [1.29, 1.82) is 0 Å². The summed E-state index contributed by atoms with van der Waals surface area (Å²) in [6.07, 6.45) is 3.00. The Hall–Kier alpha value is -1.73. The van der Waals surface area contributed by atoms with Gasteiger partial charge in [-0.3, -0.25) is 14.9 Å². The molecule has 0 N–H and O–H groups in total. The van der Waals surface area contributed by atoms with Gasteiger partial charge in [-0.2, -0.15) is 0 Å². The van der Waals surface area contributed by atoms with Crippen molar-refractivity contribution >= 4 is 33.2 Å². The fourth-order valence-electron chi connectivity index (χ4n) is 1.57. The van der Waals surface area contributed by atoms with Crippen molar-refractivity contribution in [3.8, 4) is 0 Å². The molecule has 0 aliphatic heterocycles. The van der Waals surface area contributed by atoms with Crippen LogP contribution >= 0.6 is 27.5 Å². The molecule has 2 rings (SSSR count). The summed E-state index contributed by atoms with van der Waals surface area (Å²) in [5.41, 5.74) is -0.412. The molecule has 0 aromatic carbocycles. The Bertz CT molecular complexity index is 702. The van der Waals surface area contributed by atoms with E-state index in [0.29, 0.717) is 9.63 Å². The van der Waals surface area contributed by atoms with Gasteiger partial charge in [0.15, 0.2) is 0 Å². The second-order valence-corrected chi connectivity index (χ2v) is 5.02. The van der Waals surface area contributed by atoms with Crippen molar-refractivity contribution in [2.45, 2.75) is 6.54 Å². The Morgan fingerprint density at radius 1 is 1.47 bits per heavy atom. The highest BCUT2D eigenvalue weighted by Crippen LogP contribution is 2.15. The molecule has 98 valence electrons. The van der Waals surface area contributed by atoms with Crippen LogP contribution in [0.3, 0.4) is 0 Å². The van der Waals surface area contributed by atoms with Gasteiger partial charge < -0.3 is 4.57 Å². The van der Waals surface area contributed by atoms with E-state index in [4.69, 9.17) is 11.6 Å². The first-order valence-corrected chi connectivity index (χ1v) is 6.29. The van der Waals surface area contributed by atoms with E-state index in [1.54, 1.807) is 12.1 Å². The van der Waals surface area contributed by atoms with Crippen molar-refractivity contribution in [3.63, 3.8) is 0 Å². The van der Waals surface area contributed by atoms with E-state index in [9.17, 15) is 14.9 Å². The van der Waals surface area contributed by atoms with Gasteiger partial charge in [0.2, 0.25) is 0 Å². The third kappa shape index (κ3) is 3.18. The fourth-order valence-corrected chi connectivity index (χ4v) is 2.23. The van der Waals surface area contributed by atoms with Crippen LogP contribution in [-0.2, 0) is 6.54 Å². The average Bonchev–Trinajstić information content (AvgIpc) is 2.33. The van der Waals surface area contributed by atoms with Crippen LogP contribution in [0.1, 0.15) is 5.56 Å². The largest absolute Gasteiger partial charge is 0.335 e. The van der Waals surface area contributed by atoms with Crippen molar-refractivity contribution in [3.05, 3.63) is 66.3 Å². The predicted octanol–water partition coefficient (Wildman–Crippen LogP) is 2.62. The summed E-state index contributed by atoms with van der Waals surface area (Å²) in [7, 11) is 0. The Morgan fingerprint density at radius 3 is 2.84 bits per heavy atom. The molecule has 0 saturated carbocycles. The van der Waals surface area contributed by atoms with Crippen LogP contribution < -0.4 is 5.56 Å². The summed E-state index contributed by atoms with van der Waals surface area (Å²) < 4.78 is 1.70. The molecule has 0 fully saturated rings. The summed E-state index contributed by atoms with van der Waals surface area (Å²) in [4.78, 5) is 25.8. The number of nitro groups is 1. The minimum absolute atomic E-state index is 0.182. The second-order valence-electron chi connectivity index (χ2n) is 3.72. The zero-order valence-corrected chi connectivity index (χ0v) is 11.8. The number of hydrogen-bond donors (Lipinski definition) is 0. The number of hydrogen-bond acceptors (Lipinski definition) is 4. The SMILES string of the molecule is O=c1c([N+](=O)[O-])cc(Br)cn1Cc1ccnc(Cl)c1. The van der Waals surface area contributed by atoms with Crippen molar-refractivity contribution < 1.29 is 4.92 Å². The molecule has 0 unspecified atom stereocenters. The first kappa shape index (κ1) is 13.7. The van der Waals surface area contributed by atoms with Gasteiger partial charge in [-0.15, -0.1) is 0 Å². The Kier molecular flexibility index (Phi) is 3.96. The fraction of sp³-hybridized carbons (Fsp3) is 0.0909. The smallest absolute Gasteiger partial charge is 0.304 e. The van der Waals surface area contributed by atoms with Gasteiger partial charge in [0.25, 0.3) is 0 Å². The zero-order chi connectivity index (χ0) is 14.0. The first-order chi connectivity index (χ1) is 8.97. The number of aromatic nitrogens is 2. The maximum Gasteiger partial charge on any atom is 0.335 e. The molecule has 19 heavy (non-hydrogen) atoms. The Morgan fingerprint density at radius 2 is 2.21 bits per heavy atom. The standard InChI is InChI=1S/C11H7BrClN3O3/c12-8-4-9(16(18)19)11(17)15(6-8)5-7-1-2-14-10(13)3-7/h1-4,6H,5H2. The topological polar surface area (TPSA) is 78.0 Å². The molecule has 0 radical (unpaired) electrons. The van der Waals surface area contributed by atoms with Gasteiger partial charge >= 0.3 is 11.2 Å². The van der Waals surface area contributed by atoms with Crippen LogP contribution in [0.5, 0.6) is 0 Å². The summed E-state index contributed by atoms with van der Waals surface area (Å²) >= 11 is 8.89. The number of rotatable bonds is 3. The van der Waals surface area contributed by atoms with Gasteiger partial charge in [0.05, 0.1) is 11.5 Å². The quantitative estimate of drug-likeness (QED) is 0.487. The average molecular weight is 345 g/mol. The molecule has 0 atom stereocenters. The van der Waals surface area contributed by atoms with Crippen molar-refractivity contribution in [1.82, 2.24) is 9.55 Å². The maximum atomic E-state index is 11.9. The van der Waals surface area contributed by atoms with E-state index in [0.717, 1.165) is 5.56 Å². The molecule has 0 bridgehead atoms. The van der Waals surface area contributed by atoms with Crippen LogP contribution in [0.15, 0.2) is 39.9 Å². The lowest BCUT2D eigenvalue weighted by Gasteiger charge is -2.06. The lowest BCUT2D eigenvalue weighted by molar-refractivity contribution is -0.386. The molecule has 8 heteroatoms. The number of halogens is 2. The van der Waals surface area contributed by atoms with Crippen molar-refractivity contribution in [2.75, 3.05) is 0 Å². The molecule has 0 aliphatic carbocycles. The van der Waals surface area contributed by atoms with E-state index >= 15 is 0 Å². The van der Waals surface area contributed by atoms with Crippen molar-refractivity contribution in [2.24, 2.45) is 0 Å². The lowest BCUT2D eigenvalue weighted by atomic mass is 10.2. The summed E-state index contributed by atoms with van der Waals surface area (Å²) in [5, 5.41) is 11.1. The Balaban J connectivity index is 2.46. The summed E-state index contributed by atoms with van der Waals surface area (Å²) in [6.45, 7) is 0.182. The van der Waals surface area contributed by atoms with Crippen LogP contribution in [0.4, 0.5) is 5.69 Å². The molecule has 2 heterocycles. The van der Waals surface area contributed by atoms with E-state index in [2.05, 4.69) is 20.9 Å². The molecule has 0 amide bonds. The normalized spacial score (nSPS) is 10.4. The Labute approximate surface area is 120 Å². The zero-order valence-electron chi connectivity index (χ0n) is 9.42. The molecule has 0 aliphatic rings. The highest BCUT2D eigenvalue weighted by molar-refractivity contribution is 9.10. The minimum Gasteiger partial charge on any atom is -0.304 e. The molecular weight excluding hydrogens is 337 g/mol. The third-order valence-corrected chi connectivity index (χ3v) is 3.01. The van der Waals surface area contributed by atoms with Gasteiger partial charge in [-0.1, -0.05) is 11.6 Å². The van der Waals surface area contributed by atoms with Crippen LogP contribution in [0.2, 0.25) is 5.15 Å². The van der Waals surface area contributed by atoms with Gasteiger partial charge in [-0.05, 0) is 33.6 Å². The highest BCUT2D eigenvalue weighted by atomic mass is 79.9. The molecule has 2 aromatic rings. The first-order valence-electron chi connectivity index (χ1n) is 5.12. The van der Waals surface area contributed by atoms with E-state index < -0.39 is 16.2 Å². The molecular formula is C11H7BrClN3O3. The van der Waals surface area contributed by atoms with Crippen LogP contribution in [0, 0.1) is 10.1 Å². The highest BCUT2D eigenvalue weighted by Gasteiger charge is 2.16. The summed E-state index contributed by atoms with van der Waals surface area (Å²) in [6, 6.07) is 4.46. The van der Waals surface area contributed by atoms with Gasteiger partial charge in [0.1, 0.15) is 5.15 Å². The van der Waals surface area contributed by atoms with Gasteiger partial charge in [-0.25, -0.2) is 4.98 Å². The molecule has 0 saturated heterocycles.